The van der Waals surface area contributed by atoms with Gasteiger partial charge in [-0.25, -0.2) is 0 Å². The molecule has 2 fully saturated rings. The Bertz CT molecular complexity index is 192. The van der Waals surface area contributed by atoms with E-state index in [-0.39, 0.29) is 12.1 Å². The van der Waals surface area contributed by atoms with Crippen LogP contribution < -0.4 is 5.73 Å². The number of guanidine groups is 1. The number of aliphatic hydroxyl groups excluding tert-OH is 1. The average molecular weight is 169 g/mol. The molecule has 0 amide bonds. The van der Waals surface area contributed by atoms with Gasteiger partial charge in [0.2, 0.25) is 0 Å². The van der Waals surface area contributed by atoms with E-state index in [4.69, 9.17) is 11.1 Å². The minimum atomic E-state index is -0.168. The second kappa shape index (κ2) is 2.62. The van der Waals surface area contributed by atoms with Crippen molar-refractivity contribution in [3.8, 4) is 0 Å². The molecule has 68 valence electrons. The summed E-state index contributed by atoms with van der Waals surface area (Å²) >= 11 is 0. The molecule has 2 aliphatic heterocycles. The van der Waals surface area contributed by atoms with Gasteiger partial charge in [-0.2, -0.15) is 0 Å². The van der Waals surface area contributed by atoms with Gasteiger partial charge in [-0.1, -0.05) is 0 Å². The van der Waals surface area contributed by atoms with Gasteiger partial charge in [-0.05, 0) is 25.7 Å². The highest BCUT2D eigenvalue weighted by atomic mass is 16.3. The number of nitrogens with zero attached hydrogens (tertiary/aromatic N) is 1. The third kappa shape index (κ3) is 1.06. The summed E-state index contributed by atoms with van der Waals surface area (Å²) in [5.41, 5.74) is 5.46. The molecule has 2 bridgehead atoms. The molecule has 2 heterocycles. The maximum Gasteiger partial charge on any atom is 0.188 e. The molecule has 0 radical (unpaired) electrons. The number of rotatable bonds is 0. The number of aliphatic hydroxyl groups is 1. The van der Waals surface area contributed by atoms with E-state index in [0.29, 0.717) is 12.1 Å². The number of nitrogens with two attached hydrogens (primary N) is 1. The normalized spacial score (nSPS) is 40.1. The highest BCUT2D eigenvalue weighted by Crippen LogP contribution is 2.34. The first kappa shape index (κ1) is 7.86. The molecule has 2 rings (SSSR count). The van der Waals surface area contributed by atoms with Crippen LogP contribution in [0.4, 0.5) is 0 Å². The molecule has 2 unspecified atom stereocenters. The summed E-state index contributed by atoms with van der Waals surface area (Å²) in [5, 5.41) is 16.8. The Morgan fingerprint density at radius 2 is 1.83 bits per heavy atom. The van der Waals surface area contributed by atoms with Crippen molar-refractivity contribution in [2.45, 2.75) is 43.9 Å². The Hall–Kier alpha value is -0.770. The fourth-order valence-electron chi connectivity index (χ4n) is 2.54. The van der Waals surface area contributed by atoms with Crippen molar-refractivity contribution in [3.05, 3.63) is 0 Å². The summed E-state index contributed by atoms with van der Waals surface area (Å²) in [6, 6.07) is 0.660. The van der Waals surface area contributed by atoms with Gasteiger partial charge in [0.05, 0.1) is 6.10 Å². The molecular weight excluding hydrogens is 154 g/mol. The lowest BCUT2D eigenvalue weighted by Crippen LogP contribution is -2.50. The highest BCUT2D eigenvalue weighted by molar-refractivity contribution is 5.75. The van der Waals surface area contributed by atoms with Crippen molar-refractivity contribution in [2.75, 3.05) is 0 Å². The predicted octanol–water partition coefficient (Wildman–Crippen LogP) is -0.132. The standard InChI is InChI=1S/C8H15N3O/c9-8(10)11-5-1-2-6(11)4-7(12)3-5/h5-7,12H,1-4H2,(H3,9,10). The third-order valence-electron chi connectivity index (χ3n) is 2.99. The third-order valence-corrected chi connectivity index (χ3v) is 2.99. The number of nitrogens with one attached hydrogen (secondary N) is 1. The van der Waals surface area contributed by atoms with Crippen LogP contribution in [0.3, 0.4) is 0 Å². The van der Waals surface area contributed by atoms with Gasteiger partial charge in [-0.3, -0.25) is 5.41 Å². The number of hydrogen-bond donors (Lipinski definition) is 3. The van der Waals surface area contributed by atoms with Gasteiger partial charge in [0.25, 0.3) is 0 Å². The van der Waals surface area contributed by atoms with Crippen LogP contribution in [0.1, 0.15) is 25.7 Å². The lowest BCUT2D eigenvalue weighted by molar-refractivity contribution is 0.0702. The molecule has 4 N–H and O–H groups in total. The first-order valence-electron chi connectivity index (χ1n) is 4.49. The van der Waals surface area contributed by atoms with Crippen molar-refractivity contribution < 1.29 is 5.11 Å². The zero-order valence-electron chi connectivity index (χ0n) is 7.03. The van der Waals surface area contributed by atoms with E-state index in [1.54, 1.807) is 0 Å². The van der Waals surface area contributed by atoms with Crippen LogP contribution in [0.5, 0.6) is 0 Å². The van der Waals surface area contributed by atoms with Crippen molar-refractivity contribution in [2.24, 2.45) is 5.73 Å². The van der Waals surface area contributed by atoms with E-state index in [1.807, 2.05) is 4.90 Å². The summed E-state index contributed by atoms with van der Waals surface area (Å²) in [4.78, 5) is 1.96. The first-order chi connectivity index (χ1) is 5.68. The quantitative estimate of drug-likeness (QED) is 0.349. The highest BCUT2D eigenvalue weighted by Gasteiger charge is 2.40. The first-order valence-corrected chi connectivity index (χ1v) is 4.49. The molecule has 4 nitrogen and oxygen atoms in total. The smallest absolute Gasteiger partial charge is 0.188 e. The van der Waals surface area contributed by atoms with E-state index >= 15 is 0 Å². The van der Waals surface area contributed by atoms with Crippen LogP contribution in [0.25, 0.3) is 0 Å². The van der Waals surface area contributed by atoms with E-state index in [2.05, 4.69) is 0 Å². The lowest BCUT2D eigenvalue weighted by atomic mass is 10.0. The Morgan fingerprint density at radius 3 is 2.25 bits per heavy atom. The van der Waals surface area contributed by atoms with Crippen LogP contribution in [-0.4, -0.2) is 34.2 Å². The molecule has 12 heavy (non-hydrogen) atoms. The van der Waals surface area contributed by atoms with Crippen molar-refractivity contribution >= 4 is 5.96 Å². The predicted molar refractivity (Wildman–Crippen MR) is 45.8 cm³/mol. The molecule has 2 atom stereocenters. The zero-order chi connectivity index (χ0) is 8.72. The summed E-state index contributed by atoms with van der Waals surface area (Å²) in [7, 11) is 0. The second-order valence-corrected chi connectivity index (χ2v) is 3.80. The van der Waals surface area contributed by atoms with Crippen LogP contribution >= 0.6 is 0 Å². The Balaban J connectivity index is 2.14. The lowest BCUT2D eigenvalue weighted by Gasteiger charge is -2.37. The van der Waals surface area contributed by atoms with Crippen LogP contribution in [0.2, 0.25) is 0 Å². The van der Waals surface area contributed by atoms with E-state index < -0.39 is 0 Å². The maximum atomic E-state index is 9.45. The SMILES string of the molecule is N=C(N)N1C2CCC1CC(O)C2. The van der Waals surface area contributed by atoms with Gasteiger partial charge in [-0.15, -0.1) is 0 Å². The molecular formula is C8H15N3O. The minimum Gasteiger partial charge on any atom is -0.393 e. The summed E-state index contributed by atoms with van der Waals surface area (Å²) in [6.45, 7) is 0. The van der Waals surface area contributed by atoms with Crippen molar-refractivity contribution in [1.82, 2.24) is 4.90 Å². The Labute approximate surface area is 71.9 Å². The fraction of sp³-hybridized carbons (Fsp3) is 0.875. The largest absolute Gasteiger partial charge is 0.393 e. The molecule has 0 aliphatic carbocycles. The molecule has 2 saturated heterocycles. The topological polar surface area (TPSA) is 73.3 Å². The van der Waals surface area contributed by atoms with E-state index in [9.17, 15) is 5.11 Å². The minimum absolute atomic E-state index is 0.168. The van der Waals surface area contributed by atoms with Crippen LogP contribution in [0.15, 0.2) is 0 Å². The molecule has 0 spiro atoms. The number of hydrogen-bond acceptors (Lipinski definition) is 2. The second-order valence-electron chi connectivity index (χ2n) is 3.80. The molecule has 0 aromatic rings. The Kier molecular flexibility index (Phi) is 1.72. The molecule has 0 aromatic heterocycles. The molecule has 0 aromatic carbocycles. The van der Waals surface area contributed by atoms with Crippen molar-refractivity contribution in [1.29, 1.82) is 5.41 Å². The summed E-state index contributed by atoms with van der Waals surface area (Å²) in [6.07, 6.45) is 3.58. The maximum absolute atomic E-state index is 9.45. The van der Waals surface area contributed by atoms with Gasteiger partial charge in [0.15, 0.2) is 5.96 Å². The van der Waals surface area contributed by atoms with Gasteiger partial charge in [0, 0.05) is 12.1 Å². The van der Waals surface area contributed by atoms with Gasteiger partial charge < -0.3 is 15.7 Å². The summed E-state index contributed by atoms with van der Waals surface area (Å²) < 4.78 is 0. The number of piperidine rings is 1. The van der Waals surface area contributed by atoms with E-state index in [0.717, 1.165) is 25.7 Å². The van der Waals surface area contributed by atoms with E-state index in [1.165, 1.54) is 0 Å². The van der Waals surface area contributed by atoms with Crippen LogP contribution in [-0.2, 0) is 0 Å². The molecule has 0 saturated carbocycles. The fourth-order valence-corrected chi connectivity index (χ4v) is 2.54. The molecule has 2 aliphatic rings. The van der Waals surface area contributed by atoms with Crippen LogP contribution in [0, 0.1) is 5.41 Å². The zero-order valence-corrected chi connectivity index (χ0v) is 7.03. The molecule has 4 heteroatoms. The van der Waals surface area contributed by atoms with Gasteiger partial charge in [0.1, 0.15) is 0 Å². The average Bonchev–Trinajstić information content (AvgIpc) is 2.24. The van der Waals surface area contributed by atoms with Crippen molar-refractivity contribution in [3.63, 3.8) is 0 Å². The van der Waals surface area contributed by atoms with Gasteiger partial charge >= 0.3 is 0 Å². The Morgan fingerprint density at radius 1 is 1.33 bits per heavy atom. The number of fused-ring (bicyclic) bond motifs is 2. The summed E-state index contributed by atoms with van der Waals surface area (Å²) in [5.74, 6) is 0.175. The monoisotopic (exact) mass is 169 g/mol.